The highest BCUT2D eigenvalue weighted by molar-refractivity contribution is 5.83. The number of hydrogen-bond donors (Lipinski definition) is 1. The van der Waals surface area contributed by atoms with Crippen molar-refractivity contribution in [1.29, 1.82) is 0 Å². The second-order valence-corrected chi connectivity index (χ2v) is 6.39. The molecule has 1 aromatic carbocycles. The molecule has 0 saturated carbocycles. The molecule has 114 valence electrons. The maximum atomic E-state index is 12.7. The Morgan fingerprint density at radius 2 is 2.14 bits per heavy atom. The Bertz CT molecular complexity index is 544. The van der Waals surface area contributed by atoms with Crippen LogP contribution in [-0.4, -0.2) is 48.3 Å². The van der Waals surface area contributed by atoms with Gasteiger partial charge in [0.15, 0.2) is 6.10 Å². The monoisotopic (exact) mass is 290 g/mol. The minimum atomic E-state index is -0.471. The molecule has 2 aliphatic heterocycles. The third-order valence-corrected chi connectivity index (χ3v) is 3.79. The lowest BCUT2D eigenvalue weighted by Crippen LogP contribution is -2.57. The molecule has 21 heavy (non-hydrogen) atoms. The van der Waals surface area contributed by atoms with E-state index in [0.717, 1.165) is 11.4 Å². The van der Waals surface area contributed by atoms with E-state index in [2.05, 4.69) is 5.32 Å². The topological polar surface area (TPSA) is 50.8 Å². The normalized spacial score (nSPS) is 27.3. The fourth-order valence-corrected chi connectivity index (χ4v) is 3.08. The minimum Gasteiger partial charge on any atom is -0.477 e. The summed E-state index contributed by atoms with van der Waals surface area (Å²) in [6.45, 7) is 7.73. The third kappa shape index (κ3) is 2.97. The van der Waals surface area contributed by atoms with Crippen LogP contribution in [0.15, 0.2) is 24.3 Å². The first-order chi connectivity index (χ1) is 9.94. The Morgan fingerprint density at radius 3 is 2.90 bits per heavy atom. The number of morpholine rings is 1. The van der Waals surface area contributed by atoms with E-state index in [1.807, 2.05) is 49.9 Å². The second-order valence-electron chi connectivity index (χ2n) is 6.39. The van der Waals surface area contributed by atoms with Crippen LogP contribution in [-0.2, 0) is 9.53 Å². The van der Waals surface area contributed by atoms with Gasteiger partial charge in [0.2, 0.25) is 0 Å². The zero-order chi connectivity index (χ0) is 15.0. The molecule has 0 aromatic heterocycles. The molecule has 0 spiro atoms. The van der Waals surface area contributed by atoms with E-state index >= 15 is 0 Å². The van der Waals surface area contributed by atoms with Crippen LogP contribution in [0.25, 0.3) is 0 Å². The summed E-state index contributed by atoms with van der Waals surface area (Å²) in [5.41, 5.74) is 0.630. The van der Waals surface area contributed by atoms with Gasteiger partial charge in [0, 0.05) is 13.1 Å². The van der Waals surface area contributed by atoms with E-state index in [9.17, 15) is 4.79 Å². The fraction of sp³-hybridized carbons (Fsp3) is 0.562. The summed E-state index contributed by atoms with van der Waals surface area (Å²) in [7, 11) is 0. The highest BCUT2D eigenvalue weighted by Gasteiger charge is 2.37. The Morgan fingerprint density at radius 1 is 1.38 bits per heavy atom. The molecule has 2 heterocycles. The predicted octanol–water partition coefficient (Wildman–Crippen LogP) is 1.89. The van der Waals surface area contributed by atoms with E-state index in [1.165, 1.54) is 0 Å². The van der Waals surface area contributed by atoms with Crippen molar-refractivity contribution in [3.8, 4) is 5.75 Å². The number of nitrogens with zero attached hydrogens (tertiary/aromatic N) is 1. The zero-order valence-electron chi connectivity index (χ0n) is 12.8. The number of benzene rings is 1. The van der Waals surface area contributed by atoms with Gasteiger partial charge in [0.05, 0.1) is 23.9 Å². The molecule has 2 unspecified atom stereocenters. The molecule has 0 bridgehead atoms. The average Bonchev–Trinajstić information content (AvgIpc) is 2.44. The Kier molecular flexibility index (Phi) is 3.53. The molecule has 1 amide bonds. The van der Waals surface area contributed by atoms with Crippen molar-refractivity contribution in [2.75, 3.05) is 25.0 Å². The van der Waals surface area contributed by atoms with Gasteiger partial charge in [0.25, 0.3) is 5.91 Å². The van der Waals surface area contributed by atoms with Crippen molar-refractivity contribution >= 4 is 11.6 Å². The molecule has 0 aliphatic carbocycles. The maximum absolute atomic E-state index is 12.7. The lowest BCUT2D eigenvalue weighted by Gasteiger charge is -2.43. The molecule has 0 radical (unpaired) electrons. The van der Waals surface area contributed by atoms with E-state index in [0.29, 0.717) is 19.6 Å². The second kappa shape index (κ2) is 5.22. The summed E-state index contributed by atoms with van der Waals surface area (Å²) < 4.78 is 11.7. The van der Waals surface area contributed by atoms with Gasteiger partial charge >= 0.3 is 0 Å². The summed E-state index contributed by atoms with van der Waals surface area (Å²) in [5.74, 6) is 0.767. The van der Waals surface area contributed by atoms with Crippen molar-refractivity contribution in [2.45, 2.75) is 38.6 Å². The number of ether oxygens (including phenoxy) is 2. The summed E-state index contributed by atoms with van der Waals surface area (Å²) in [5, 5.41) is 3.26. The summed E-state index contributed by atoms with van der Waals surface area (Å²) in [6.07, 6.45) is -0.428. The third-order valence-electron chi connectivity index (χ3n) is 3.79. The molecule has 1 fully saturated rings. The summed E-state index contributed by atoms with van der Waals surface area (Å²) in [6, 6.07) is 7.69. The number of rotatable bonds is 1. The van der Waals surface area contributed by atoms with E-state index in [4.69, 9.17) is 9.47 Å². The first-order valence-electron chi connectivity index (χ1n) is 7.41. The van der Waals surface area contributed by atoms with Crippen molar-refractivity contribution in [2.24, 2.45) is 0 Å². The van der Waals surface area contributed by atoms with Crippen LogP contribution >= 0.6 is 0 Å². The lowest BCUT2D eigenvalue weighted by atomic mass is 10.0. The molecule has 1 aromatic rings. The number of carbonyl (C=O) groups is 1. The molecule has 3 rings (SSSR count). The van der Waals surface area contributed by atoms with Crippen LogP contribution in [0.5, 0.6) is 5.75 Å². The lowest BCUT2D eigenvalue weighted by molar-refractivity contribution is -0.163. The van der Waals surface area contributed by atoms with Crippen LogP contribution in [0.1, 0.15) is 20.8 Å². The first kappa shape index (κ1) is 14.2. The van der Waals surface area contributed by atoms with Gasteiger partial charge in [-0.3, -0.25) is 4.79 Å². The number of hydrogen-bond acceptors (Lipinski definition) is 4. The number of anilines is 1. The van der Waals surface area contributed by atoms with Crippen molar-refractivity contribution < 1.29 is 14.3 Å². The number of amides is 1. The van der Waals surface area contributed by atoms with Crippen LogP contribution < -0.4 is 10.1 Å². The van der Waals surface area contributed by atoms with Crippen molar-refractivity contribution in [3.63, 3.8) is 0 Å². The summed E-state index contributed by atoms with van der Waals surface area (Å²) >= 11 is 0. The predicted molar refractivity (Wildman–Crippen MR) is 80.6 cm³/mol. The molecule has 2 aliphatic rings. The van der Waals surface area contributed by atoms with Gasteiger partial charge in [0.1, 0.15) is 5.75 Å². The van der Waals surface area contributed by atoms with Crippen LogP contribution in [0, 0.1) is 0 Å². The van der Waals surface area contributed by atoms with Gasteiger partial charge in [-0.25, -0.2) is 0 Å². The Hall–Kier alpha value is -1.75. The van der Waals surface area contributed by atoms with Crippen LogP contribution in [0.2, 0.25) is 0 Å². The van der Waals surface area contributed by atoms with Gasteiger partial charge in [-0.05, 0) is 32.9 Å². The van der Waals surface area contributed by atoms with Gasteiger partial charge in [-0.1, -0.05) is 12.1 Å². The number of carbonyl (C=O) groups excluding carboxylic acids is 1. The number of nitrogens with one attached hydrogen (secondary N) is 1. The van der Waals surface area contributed by atoms with Gasteiger partial charge < -0.3 is 19.7 Å². The zero-order valence-corrected chi connectivity index (χ0v) is 12.8. The molecule has 5 heteroatoms. The minimum absolute atomic E-state index is 0.0280. The molecule has 2 atom stereocenters. The van der Waals surface area contributed by atoms with E-state index < -0.39 is 6.10 Å². The van der Waals surface area contributed by atoms with Crippen molar-refractivity contribution in [1.82, 2.24) is 4.90 Å². The first-order valence-corrected chi connectivity index (χ1v) is 7.41. The Balaban J connectivity index is 1.72. The fourth-order valence-electron chi connectivity index (χ4n) is 3.08. The standard InChI is InChI=1S/C16H22N2O3/c1-11-9-18(10-16(2,3)21-11)15(19)14-8-17-12-6-4-5-7-13(12)20-14/h4-7,11,14,17H,8-10H2,1-3H3. The van der Waals surface area contributed by atoms with Crippen LogP contribution in [0.4, 0.5) is 5.69 Å². The highest BCUT2D eigenvalue weighted by atomic mass is 16.5. The Labute approximate surface area is 125 Å². The van der Waals surface area contributed by atoms with Gasteiger partial charge in [-0.15, -0.1) is 0 Å². The summed E-state index contributed by atoms with van der Waals surface area (Å²) in [4.78, 5) is 14.6. The molecule has 1 N–H and O–H groups in total. The number of para-hydroxylation sites is 2. The molecular weight excluding hydrogens is 268 g/mol. The van der Waals surface area contributed by atoms with E-state index in [1.54, 1.807) is 0 Å². The molecule has 1 saturated heterocycles. The quantitative estimate of drug-likeness (QED) is 0.858. The average molecular weight is 290 g/mol. The smallest absolute Gasteiger partial charge is 0.265 e. The highest BCUT2D eigenvalue weighted by Crippen LogP contribution is 2.29. The molecular formula is C16H22N2O3. The SMILES string of the molecule is CC1CN(C(=O)C2CNc3ccccc3O2)CC(C)(C)O1. The van der Waals surface area contributed by atoms with Gasteiger partial charge in [-0.2, -0.15) is 0 Å². The number of fused-ring (bicyclic) bond motifs is 1. The largest absolute Gasteiger partial charge is 0.477 e. The maximum Gasteiger partial charge on any atom is 0.265 e. The van der Waals surface area contributed by atoms with Crippen LogP contribution in [0.3, 0.4) is 0 Å². The molecule has 5 nitrogen and oxygen atoms in total. The van der Waals surface area contributed by atoms with E-state index in [-0.39, 0.29) is 17.6 Å². The van der Waals surface area contributed by atoms with Crippen molar-refractivity contribution in [3.05, 3.63) is 24.3 Å².